The van der Waals surface area contributed by atoms with Crippen molar-refractivity contribution in [1.29, 1.82) is 0 Å². The summed E-state index contributed by atoms with van der Waals surface area (Å²) < 4.78 is 41.2. The number of halogens is 3. The highest BCUT2D eigenvalue weighted by molar-refractivity contribution is 5.76. The summed E-state index contributed by atoms with van der Waals surface area (Å²) in [4.78, 5) is 12.1. The minimum Gasteiger partial charge on any atom is -0.352 e. The van der Waals surface area contributed by atoms with E-state index in [2.05, 4.69) is 10.4 Å². The molecule has 2 aromatic carbocycles. The molecule has 0 radical (unpaired) electrons. The Morgan fingerprint density at radius 1 is 1.04 bits per heavy atom. The zero-order valence-electron chi connectivity index (χ0n) is 14.7. The summed E-state index contributed by atoms with van der Waals surface area (Å²) in [5, 5.41) is 7.00. The van der Waals surface area contributed by atoms with Crippen LogP contribution in [0.1, 0.15) is 17.5 Å². The van der Waals surface area contributed by atoms with Crippen molar-refractivity contribution < 1.29 is 18.0 Å². The number of rotatable bonds is 6. The molecule has 0 spiro atoms. The third-order valence-electron chi connectivity index (χ3n) is 4.13. The highest BCUT2D eigenvalue weighted by atomic mass is 19.1. The summed E-state index contributed by atoms with van der Waals surface area (Å²) in [5.41, 5.74) is 2.53. The molecular weight excluding hydrogens is 355 g/mol. The number of hydrogen-bond acceptors (Lipinski definition) is 2. The maximum absolute atomic E-state index is 13.6. The third-order valence-corrected chi connectivity index (χ3v) is 4.13. The molecule has 0 aliphatic rings. The third kappa shape index (κ3) is 4.75. The molecule has 140 valence electrons. The standard InChI is InChI=1S/C20H18F3N3O/c1-26-12-15(20(25-26)13-2-6-16(21)7-3-13)5-9-19(27)24-11-14-4-8-17(22)10-18(14)23/h2-4,6-8,10,12H,5,9,11H2,1H3,(H,24,27). The minimum absolute atomic E-state index is 0.0111. The Kier molecular flexibility index (Phi) is 5.59. The fourth-order valence-electron chi connectivity index (χ4n) is 2.77. The lowest BCUT2D eigenvalue weighted by atomic mass is 10.0. The van der Waals surface area contributed by atoms with Crippen LogP contribution in [0.15, 0.2) is 48.7 Å². The first kappa shape index (κ1) is 18.7. The van der Waals surface area contributed by atoms with Gasteiger partial charge in [0.05, 0.1) is 5.69 Å². The van der Waals surface area contributed by atoms with Gasteiger partial charge in [-0.3, -0.25) is 9.48 Å². The van der Waals surface area contributed by atoms with Gasteiger partial charge in [-0.15, -0.1) is 0 Å². The molecule has 0 aliphatic carbocycles. The van der Waals surface area contributed by atoms with Crippen molar-refractivity contribution in [3.05, 3.63) is 77.2 Å². The summed E-state index contributed by atoms with van der Waals surface area (Å²) in [6.07, 6.45) is 2.42. The van der Waals surface area contributed by atoms with Crippen molar-refractivity contribution in [1.82, 2.24) is 15.1 Å². The molecule has 0 atom stereocenters. The van der Waals surface area contributed by atoms with Gasteiger partial charge in [0.2, 0.25) is 5.91 Å². The fourth-order valence-corrected chi connectivity index (χ4v) is 2.77. The molecule has 1 aromatic heterocycles. The van der Waals surface area contributed by atoms with Gasteiger partial charge < -0.3 is 5.32 Å². The van der Waals surface area contributed by atoms with E-state index in [-0.39, 0.29) is 30.3 Å². The second kappa shape index (κ2) is 8.07. The maximum Gasteiger partial charge on any atom is 0.220 e. The number of amides is 1. The van der Waals surface area contributed by atoms with E-state index in [1.54, 1.807) is 23.9 Å². The lowest BCUT2D eigenvalue weighted by molar-refractivity contribution is -0.121. The van der Waals surface area contributed by atoms with Gasteiger partial charge in [0.25, 0.3) is 0 Å². The van der Waals surface area contributed by atoms with Crippen LogP contribution in [0, 0.1) is 17.5 Å². The van der Waals surface area contributed by atoms with Gasteiger partial charge in [-0.25, -0.2) is 13.2 Å². The molecular formula is C20H18F3N3O. The number of hydrogen-bond donors (Lipinski definition) is 1. The van der Waals surface area contributed by atoms with Gasteiger partial charge in [0.1, 0.15) is 17.5 Å². The van der Waals surface area contributed by atoms with Crippen LogP contribution in [-0.4, -0.2) is 15.7 Å². The molecule has 3 aromatic rings. The summed E-state index contributed by atoms with van der Waals surface area (Å²) in [6, 6.07) is 9.23. The highest BCUT2D eigenvalue weighted by Gasteiger charge is 2.13. The molecule has 0 saturated heterocycles. The van der Waals surface area contributed by atoms with E-state index in [0.29, 0.717) is 12.1 Å². The quantitative estimate of drug-likeness (QED) is 0.715. The molecule has 4 nitrogen and oxygen atoms in total. The summed E-state index contributed by atoms with van der Waals surface area (Å²) in [6.45, 7) is -0.0111. The number of carbonyl (C=O) groups is 1. The molecule has 3 rings (SSSR count). The van der Waals surface area contributed by atoms with Crippen LogP contribution in [0.3, 0.4) is 0 Å². The number of carbonyl (C=O) groups excluding carboxylic acids is 1. The van der Waals surface area contributed by atoms with E-state index < -0.39 is 11.6 Å². The average Bonchev–Trinajstić information content (AvgIpc) is 3.00. The lowest BCUT2D eigenvalue weighted by Gasteiger charge is -2.07. The lowest BCUT2D eigenvalue weighted by Crippen LogP contribution is -2.23. The topological polar surface area (TPSA) is 46.9 Å². The van der Waals surface area contributed by atoms with Crippen molar-refractivity contribution in [2.45, 2.75) is 19.4 Å². The Labute approximate surface area is 154 Å². The number of nitrogens with one attached hydrogen (secondary N) is 1. The minimum atomic E-state index is -0.693. The molecule has 0 aliphatic heterocycles. The second-order valence-corrected chi connectivity index (χ2v) is 6.20. The number of benzene rings is 2. The van der Waals surface area contributed by atoms with Gasteiger partial charge in [-0.2, -0.15) is 5.10 Å². The van der Waals surface area contributed by atoms with Crippen LogP contribution in [0.5, 0.6) is 0 Å². The first-order valence-corrected chi connectivity index (χ1v) is 8.41. The first-order valence-electron chi connectivity index (χ1n) is 8.41. The Bertz CT molecular complexity index is 952. The normalized spacial score (nSPS) is 10.8. The highest BCUT2D eigenvalue weighted by Crippen LogP contribution is 2.23. The van der Waals surface area contributed by atoms with Crippen molar-refractivity contribution in [2.24, 2.45) is 7.05 Å². The zero-order valence-corrected chi connectivity index (χ0v) is 14.7. The second-order valence-electron chi connectivity index (χ2n) is 6.20. The molecule has 7 heteroatoms. The van der Waals surface area contributed by atoms with E-state index in [9.17, 15) is 18.0 Å². The van der Waals surface area contributed by atoms with Crippen LogP contribution in [0.2, 0.25) is 0 Å². The van der Waals surface area contributed by atoms with Gasteiger partial charge in [0.15, 0.2) is 0 Å². The van der Waals surface area contributed by atoms with Gasteiger partial charge >= 0.3 is 0 Å². The first-order chi connectivity index (χ1) is 12.9. The zero-order chi connectivity index (χ0) is 19.4. The number of aryl methyl sites for hydroxylation is 2. The smallest absolute Gasteiger partial charge is 0.220 e. The summed E-state index contributed by atoms with van der Waals surface area (Å²) >= 11 is 0. The van der Waals surface area contributed by atoms with E-state index in [0.717, 1.165) is 23.3 Å². The number of nitrogens with zero attached hydrogens (tertiary/aromatic N) is 2. The van der Waals surface area contributed by atoms with E-state index >= 15 is 0 Å². The monoisotopic (exact) mass is 373 g/mol. The van der Waals surface area contributed by atoms with Gasteiger partial charge in [-0.05, 0) is 42.3 Å². The van der Waals surface area contributed by atoms with Crippen molar-refractivity contribution in [3.63, 3.8) is 0 Å². The van der Waals surface area contributed by atoms with E-state index in [4.69, 9.17) is 0 Å². The predicted molar refractivity (Wildman–Crippen MR) is 95.1 cm³/mol. The Morgan fingerprint density at radius 3 is 2.44 bits per heavy atom. The molecule has 0 unspecified atom stereocenters. The molecule has 27 heavy (non-hydrogen) atoms. The molecule has 0 saturated carbocycles. The van der Waals surface area contributed by atoms with Crippen molar-refractivity contribution >= 4 is 5.91 Å². The van der Waals surface area contributed by atoms with Crippen LogP contribution in [0.25, 0.3) is 11.3 Å². The molecule has 1 N–H and O–H groups in total. The van der Waals surface area contributed by atoms with Crippen LogP contribution < -0.4 is 5.32 Å². The van der Waals surface area contributed by atoms with Gasteiger partial charge in [-0.1, -0.05) is 6.07 Å². The summed E-state index contributed by atoms with van der Waals surface area (Å²) in [5.74, 6) is -1.94. The summed E-state index contributed by atoms with van der Waals surface area (Å²) in [7, 11) is 1.77. The Hall–Kier alpha value is -3.09. The van der Waals surface area contributed by atoms with Crippen molar-refractivity contribution in [2.75, 3.05) is 0 Å². The van der Waals surface area contributed by atoms with Crippen LogP contribution in [0.4, 0.5) is 13.2 Å². The fraction of sp³-hybridized carbons (Fsp3) is 0.200. The molecule has 0 fully saturated rings. The van der Waals surface area contributed by atoms with E-state index in [1.165, 1.54) is 18.2 Å². The maximum atomic E-state index is 13.6. The molecule has 1 amide bonds. The largest absolute Gasteiger partial charge is 0.352 e. The Morgan fingerprint density at radius 2 is 1.74 bits per heavy atom. The van der Waals surface area contributed by atoms with E-state index in [1.807, 2.05) is 6.20 Å². The van der Waals surface area contributed by atoms with Crippen molar-refractivity contribution in [3.8, 4) is 11.3 Å². The Balaban J connectivity index is 1.61. The predicted octanol–water partition coefficient (Wildman–Crippen LogP) is 3.75. The van der Waals surface area contributed by atoms with Gasteiger partial charge in [0, 0.05) is 43.4 Å². The molecule has 1 heterocycles. The average molecular weight is 373 g/mol. The SMILES string of the molecule is Cn1cc(CCC(=O)NCc2ccc(F)cc2F)c(-c2ccc(F)cc2)n1. The number of aromatic nitrogens is 2. The van der Waals surface area contributed by atoms with Crippen LogP contribution >= 0.6 is 0 Å². The van der Waals surface area contributed by atoms with Crippen LogP contribution in [-0.2, 0) is 24.8 Å². The molecule has 0 bridgehead atoms.